The third kappa shape index (κ3) is 5.57. The fraction of sp³-hybridized carbons (Fsp3) is 0.370. The molecule has 3 N–H and O–H groups in total. The Bertz CT molecular complexity index is 1080. The van der Waals surface area contributed by atoms with Crippen molar-refractivity contribution in [3.05, 3.63) is 59.7 Å². The van der Waals surface area contributed by atoms with Gasteiger partial charge in [-0.05, 0) is 41.0 Å². The van der Waals surface area contributed by atoms with Crippen molar-refractivity contribution in [1.82, 2.24) is 10.6 Å². The largest absolute Gasteiger partial charge is 0.472 e. The summed E-state index contributed by atoms with van der Waals surface area (Å²) in [5.41, 5.74) is 4.62. The number of nitrogens with one attached hydrogen (secondary N) is 2. The highest BCUT2D eigenvalue weighted by Crippen LogP contribution is 2.44. The number of carboxylic acids is 1. The van der Waals surface area contributed by atoms with Crippen LogP contribution in [-0.2, 0) is 14.3 Å². The van der Waals surface area contributed by atoms with E-state index in [9.17, 15) is 14.4 Å². The van der Waals surface area contributed by atoms with Crippen molar-refractivity contribution in [3.63, 3.8) is 0 Å². The van der Waals surface area contributed by atoms with Crippen LogP contribution < -0.4 is 10.6 Å². The van der Waals surface area contributed by atoms with E-state index in [0.29, 0.717) is 0 Å². The molecule has 7 heteroatoms. The van der Waals surface area contributed by atoms with Crippen LogP contribution in [0.5, 0.6) is 0 Å². The molecule has 2 amide bonds. The van der Waals surface area contributed by atoms with Crippen LogP contribution in [0.15, 0.2) is 48.5 Å². The van der Waals surface area contributed by atoms with Gasteiger partial charge in [-0.15, -0.1) is 0 Å². The Hall–Kier alpha value is -3.79. The molecular formula is C27H28N2O5. The Kier molecular flexibility index (Phi) is 7.48. The Morgan fingerprint density at radius 1 is 1.00 bits per heavy atom. The number of ether oxygens (including phenoxy) is 1. The molecule has 2 aromatic rings. The van der Waals surface area contributed by atoms with Gasteiger partial charge in [-0.1, -0.05) is 67.3 Å². The van der Waals surface area contributed by atoms with Gasteiger partial charge in [0.2, 0.25) is 5.91 Å². The molecule has 2 aliphatic carbocycles. The number of amides is 2. The molecule has 0 radical (unpaired) electrons. The average molecular weight is 461 g/mol. The van der Waals surface area contributed by atoms with Crippen molar-refractivity contribution >= 4 is 18.0 Å². The molecule has 0 spiro atoms. The standard InChI is InChI=1S/C27H28N2O5/c30-25(28-15-7-14-26(31)32)16-24(18-8-1-2-9-18)29-27(33)34-17-23-21-12-5-3-10-19(21)20-11-4-6-13-22(20)23/h3-6,10-13,18,23-24H,1-2,8-9,15-17H2,(H,28,30)(H,29,33)(H,31,32). The van der Waals surface area contributed by atoms with Gasteiger partial charge < -0.3 is 20.5 Å². The fourth-order valence-corrected chi connectivity index (χ4v) is 5.02. The molecule has 34 heavy (non-hydrogen) atoms. The monoisotopic (exact) mass is 460 g/mol. The molecule has 7 nitrogen and oxygen atoms in total. The molecule has 1 fully saturated rings. The van der Waals surface area contributed by atoms with Crippen LogP contribution in [0.25, 0.3) is 11.1 Å². The quantitative estimate of drug-likeness (QED) is 0.547. The number of hydrogen-bond acceptors (Lipinski definition) is 4. The number of carbonyl (C=O) groups is 3. The zero-order chi connectivity index (χ0) is 23.9. The minimum atomic E-state index is -1.24. The number of rotatable bonds is 7. The maximum atomic E-state index is 12.8. The molecule has 176 valence electrons. The van der Waals surface area contributed by atoms with Gasteiger partial charge in [0.25, 0.3) is 0 Å². The van der Waals surface area contributed by atoms with Gasteiger partial charge in [0.15, 0.2) is 0 Å². The van der Waals surface area contributed by atoms with E-state index in [1.807, 2.05) is 30.2 Å². The van der Waals surface area contributed by atoms with Crippen molar-refractivity contribution < 1.29 is 24.2 Å². The molecule has 1 saturated carbocycles. The molecule has 0 saturated heterocycles. The highest BCUT2D eigenvalue weighted by molar-refractivity contribution is 5.86. The molecule has 0 heterocycles. The number of aliphatic carboxylic acids is 1. The van der Waals surface area contributed by atoms with Gasteiger partial charge in [0, 0.05) is 24.3 Å². The summed E-state index contributed by atoms with van der Waals surface area (Å²) < 4.78 is 5.67. The maximum absolute atomic E-state index is 12.8. The third-order valence-electron chi connectivity index (χ3n) is 6.59. The molecule has 4 rings (SSSR count). The van der Waals surface area contributed by atoms with Gasteiger partial charge in [0.05, 0.1) is 6.54 Å². The fourth-order valence-electron chi connectivity index (χ4n) is 5.02. The van der Waals surface area contributed by atoms with E-state index in [1.165, 1.54) is 11.1 Å². The lowest BCUT2D eigenvalue weighted by Gasteiger charge is -2.24. The first kappa shape index (κ1) is 23.4. The summed E-state index contributed by atoms with van der Waals surface area (Å²) >= 11 is 0. The van der Waals surface area contributed by atoms with Crippen LogP contribution >= 0.6 is 0 Å². The molecule has 2 aromatic carbocycles. The summed E-state index contributed by atoms with van der Waals surface area (Å²) in [6.07, 6.45) is 3.60. The molecule has 2 aliphatic rings. The number of carbonyl (C=O) groups excluding carboxylic acids is 2. The summed E-state index contributed by atoms with van der Waals surface area (Å²) in [4.78, 5) is 35.6. The van der Waals surface area contributed by atoms with Crippen LogP contribution in [-0.4, -0.2) is 42.3 Å². The number of hydrogen-bond donors (Lipinski definition) is 3. The third-order valence-corrected chi connectivity index (χ3v) is 6.59. The number of fused-ring (bicyclic) bond motifs is 3. The maximum Gasteiger partial charge on any atom is 0.407 e. The van der Waals surface area contributed by atoms with Crippen molar-refractivity contribution in [3.8, 4) is 23.0 Å². The second-order valence-corrected chi connectivity index (χ2v) is 8.71. The Morgan fingerprint density at radius 3 is 2.24 bits per heavy atom. The number of benzene rings is 2. The Labute approximate surface area is 198 Å². The van der Waals surface area contributed by atoms with Crippen LogP contribution in [0.2, 0.25) is 0 Å². The molecule has 0 bridgehead atoms. The second-order valence-electron chi connectivity index (χ2n) is 8.71. The van der Waals surface area contributed by atoms with E-state index in [2.05, 4.69) is 40.8 Å². The van der Waals surface area contributed by atoms with Crippen LogP contribution in [0.1, 0.15) is 49.1 Å². The molecular weight excluding hydrogens is 432 g/mol. The van der Waals surface area contributed by atoms with Crippen molar-refractivity contribution in [1.29, 1.82) is 0 Å². The Morgan fingerprint density at radius 2 is 1.62 bits per heavy atom. The second kappa shape index (κ2) is 10.9. The SMILES string of the molecule is O=C(O)C#CCNC(=O)CC(NC(=O)OCC1c2ccccc2-c2ccccc21)C1CCCC1. The van der Waals surface area contributed by atoms with E-state index >= 15 is 0 Å². The van der Waals surface area contributed by atoms with Crippen molar-refractivity contribution in [2.24, 2.45) is 5.92 Å². The summed E-state index contributed by atoms with van der Waals surface area (Å²) in [5.74, 6) is 2.99. The molecule has 0 aromatic heterocycles. The van der Waals surface area contributed by atoms with Crippen LogP contribution in [0.3, 0.4) is 0 Å². The van der Waals surface area contributed by atoms with Gasteiger partial charge in [-0.3, -0.25) is 4.79 Å². The van der Waals surface area contributed by atoms with E-state index in [1.54, 1.807) is 0 Å². The average Bonchev–Trinajstić information content (AvgIpc) is 3.47. The van der Waals surface area contributed by atoms with Gasteiger partial charge in [-0.2, -0.15) is 0 Å². The Balaban J connectivity index is 1.36. The molecule has 1 atom stereocenters. The summed E-state index contributed by atoms with van der Waals surface area (Å²) in [6, 6.07) is 16.0. The summed E-state index contributed by atoms with van der Waals surface area (Å²) in [7, 11) is 0. The van der Waals surface area contributed by atoms with Gasteiger partial charge in [0.1, 0.15) is 6.61 Å². The van der Waals surface area contributed by atoms with Crippen molar-refractivity contribution in [2.45, 2.75) is 44.1 Å². The van der Waals surface area contributed by atoms with Crippen LogP contribution in [0, 0.1) is 17.8 Å². The topological polar surface area (TPSA) is 105 Å². The lowest BCUT2D eigenvalue weighted by atomic mass is 9.95. The minimum Gasteiger partial charge on any atom is -0.472 e. The normalized spacial score (nSPS) is 15.4. The highest BCUT2D eigenvalue weighted by atomic mass is 16.5. The molecule has 0 aliphatic heterocycles. The first-order valence-corrected chi connectivity index (χ1v) is 11.6. The van der Waals surface area contributed by atoms with Crippen LogP contribution in [0.4, 0.5) is 4.79 Å². The van der Waals surface area contributed by atoms with Crippen molar-refractivity contribution in [2.75, 3.05) is 13.2 Å². The van der Waals surface area contributed by atoms with Gasteiger partial charge in [-0.25, -0.2) is 9.59 Å². The highest BCUT2D eigenvalue weighted by Gasteiger charge is 2.31. The van der Waals surface area contributed by atoms with E-state index in [-0.39, 0.29) is 43.4 Å². The first-order valence-electron chi connectivity index (χ1n) is 11.6. The number of alkyl carbamates (subject to hydrolysis) is 1. The predicted molar refractivity (Wildman–Crippen MR) is 127 cm³/mol. The van der Waals surface area contributed by atoms with E-state index in [4.69, 9.17) is 9.84 Å². The lowest BCUT2D eigenvalue weighted by molar-refractivity contribution is -0.130. The zero-order valence-corrected chi connectivity index (χ0v) is 18.9. The lowest BCUT2D eigenvalue weighted by Crippen LogP contribution is -2.43. The van der Waals surface area contributed by atoms with E-state index < -0.39 is 12.1 Å². The number of carboxylic acid groups (broad SMARTS) is 1. The smallest absolute Gasteiger partial charge is 0.407 e. The molecule has 1 unspecified atom stereocenters. The van der Waals surface area contributed by atoms with Gasteiger partial charge >= 0.3 is 12.1 Å². The first-order chi connectivity index (χ1) is 16.5. The summed E-state index contributed by atoms with van der Waals surface area (Å²) in [5, 5.41) is 14.1. The van der Waals surface area contributed by atoms with E-state index in [0.717, 1.165) is 36.8 Å². The zero-order valence-electron chi connectivity index (χ0n) is 18.9. The predicted octanol–water partition coefficient (Wildman–Crippen LogP) is 3.68. The minimum absolute atomic E-state index is 0.0285. The summed E-state index contributed by atoms with van der Waals surface area (Å²) in [6.45, 7) is 0.168.